The second-order valence-electron chi connectivity index (χ2n) is 5.66. The van der Waals surface area contributed by atoms with Gasteiger partial charge in [-0.15, -0.1) is 6.58 Å². The van der Waals surface area contributed by atoms with Gasteiger partial charge in [-0.2, -0.15) is 0 Å². The van der Waals surface area contributed by atoms with Crippen LogP contribution in [0.1, 0.15) is 39.4 Å². The highest BCUT2D eigenvalue weighted by molar-refractivity contribution is 5.30. The highest BCUT2D eigenvalue weighted by Crippen LogP contribution is 2.22. The molecule has 1 rings (SSSR count). The quantitative estimate of drug-likeness (QED) is 0.636. The van der Waals surface area contributed by atoms with E-state index in [-0.39, 0.29) is 6.10 Å². The average molecular weight is 262 g/mol. The second kappa shape index (κ2) is 8.00. The SMILES string of the molecule is C=CC(OCC(C)C)c1ccc(OCC(C)C)cc1. The van der Waals surface area contributed by atoms with Gasteiger partial charge in [0.25, 0.3) is 0 Å². The molecule has 1 atom stereocenters. The minimum atomic E-state index is -0.0402. The van der Waals surface area contributed by atoms with Gasteiger partial charge in [-0.25, -0.2) is 0 Å². The first-order valence-electron chi connectivity index (χ1n) is 6.99. The van der Waals surface area contributed by atoms with Crippen LogP contribution in [0.2, 0.25) is 0 Å². The van der Waals surface area contributed by atoms with Crippen LogP contribution in [0.5, 0.6) is 5.75 Å². The fraction of sp³-hybridized carbons (Fsp3) is 0.529. The largest absolute Gasteiger partial charge is 0.493 e. The predicted octanol–water partition coefficient (Wildman–Crippen LogP) is 4.62. The Bertz CT molecular complexity index is 365. The third-order valence-electron chi connectivity index (χ3n) is 2.62. The number of hydrogen-bond donors (Lipinski definition) is 0. The van der Waals surface area contributed by atoms with E-state index in [1.165, 1.54) is 0 Å². The van der Waals surface area contributed by atoms with Gasteiger partial charge < -0.3 is 9.47 Å². The van der Waals surface area contributed by atoms with Crippen molar-refractivity contribution < 1.29 is 9.47 Å². The first-order valence-corrected chi connectivity index (χ1v) is 6.99. The Hall–Kier alpha value is -1.28. The van der Waals surface area contributed by atoms with Crippen molar-refractivity contribution in [1.82, 2.24) is 0 Å². The van der Waals surface area contributed by atoms with Crippen LogP contribution in [0.15, 0.2) is 36.9 Å². The summed E-state index contributed by atoms with van der Waals surface area (Å²) >= 11 is 0. The third kappa shape index (κ3) is 5.93. The molecule has 1 aromatic carbocycles. The Balaban J connectivity index is 2.60. The highest BCUT2D eigenvalue weighted by atomic mass is 16.5. The maximum atomic E-state index is 5.82. The van der Waals surface area contributed by atoms with Crippen molar-refractivity contribution in [2.45, 2.75) is 33.8 Å². The lowest BCUT2D eigenvalue weighted by atomic mass is 10.1. The molecule has 19 heavy (non-hydrogen) atoms. The average Bonchev–Trinajstić information content (AvgIpc) is 2.38. The zero-order valence-corrected chi connectivity index (χ0v) is 12.6. The zero-order chi connectivity index (χ0) is 14.3. The summed E-state index contributed by atoms with van der Waals surface area (Å²) in [6.45, 7) is 13.9. The first kappa shape index (κ1) is 15.8. The maximum absolute atomic E-state index is 5.82. The normalized spacial score (nSPS) is 12.7. The van der Waals surface area contributed by atoms with E-state index in [1.807, 2.05) is 30.3 Å². The van der Waals surface area contributed by atoms with Gasteiger partial charge in [0.05, 0.1) is 13.2 Å². The first-order chi connectivity index (χ1) is 9.02. The van der Waals surface area contributed by atoms with Crippen LogP contribution in [0, 0.1) is 11.8 Å². The predicted molar refractivity (Wildman–Crippen MR) is 80.5 cm³/mol. The molecule has 106 valence electrons. The Morgan fingerprint density at radius 2 is 1.58 bits per heavy atom. The molecule has 0 heterocycles. The summed E-state index contributed by atoms with van der Waals surface area (Å²) in [4.78, 5) is 0. The van der Waals surface area contributed by atoms with Crippen molar-refractivity contribution in [2.75, 3.05) is 13.2 Å². The molecule has 0 aliphatic carbocycles. The van der Waals surface area contributed by atoms with Crippen LogP contribution in [0.4, 0.5) is 0 Å². The van der Waals surface area contributed by atoms with Crippen molar-refractivity contribution >= 4 is 0 Å². The van der Waals surface area contributed by atoms with E-state index in [4.69, 9.17) is 9.47 Å². The van der Waals surface area contributed by atoms with Gasteiger partial charge in [0, 0.05) is 0 Å². The fourth-order valence-corrected chi connectivity index (χ4v) is 1.61. The van der Waals surface area contributed by atoms with Crippen LogP contribution in [-0.2, 0) is 4.74 Å². The molecule has 0 fully saturated rings. The van der Waals surface area contributed by atoms with Gasteiger partial charge in [0.1, 0.15) is 11.9 Å². The minimum absolute atomic E-state index is 0.0402. The van der Waals surface area contributed by atoms with E-state index in [0.29, 0.717) is 11.8 Å². The molecule has 0 saturated carbocycles. The summed E-state index contributed by atoms with van der Waals surface area (Å²) in [5.74, 6) is 1.97. The number of benzene rings is 1. The molecule has 0 aliphatic rings. The van der Waals surface area contributed by atoms with E-state index < -0.39 is 0 Å². The molecule has 0 N–H and O–H groups in total. The smallest absolute Gasteiger partial charge is 0.119 e. The summed E-state index contributed by atoms with van der Waals surface area (Å²) in [6, 6.07) is 8.07. The molecule has 0 spiro atoms. The molecule has 2 heteroatoms. The lowest BCUT2D eigenvalue weighted by molar-refractivity contribution is 0.0650. The van der Waals surface area contributed by atoms with Crippen molar-refractivity contribution in [3.05, 3.63) is 42.5 Å². The molecular formula is C17H26O2. The number of rotatable bonds is 8. The van der Waals surface area contributed by atoms with Crippen molar-refractivity contribution in [1.29, 1.82) is 0 Å². The Kier molecular flexibility index (Phi) is 6.65. The van der Waals surface area contributed by atoms with Crippen LogP contribution < -0.4 is 4.74 Å². The summed E-state index contributed by atoms with van der Waals surface area (Å²) in [5, 5.41) is 0. The summed E-state index contributed by atoms with van der Waals surface area (Å²) in [6.07, 6.45) is 1.80. The topological polar surface area (TPSA) is 18.5 Å². The van der Waals surface area contributed by atoms with E-state index in [9.17, 15) is 0 Å². The summed E-state index contributed by atoms with van der Waals surface area (Å²) < 4.78 is 11.5. The molecule has 0 saturated heterocycles. The summed E-state index contributed by atoms with van der Waals surface area (Å²) in [5.41, 5.74) is 1.12. The Morgan fingerprint density at radius 3 is 2.05 bits per heavy atom. The van der Waals surface area contributed by atoms with Crippen molar-refractivity contribution in [3.8, 4) is 5.75 Å². The Labute approximate surface area is 117 Å². The molecule has 0 aromatic heterocycles. The molecule has 1 aromatic rings. The van der Waals surface area contributed by atoms with Crippen LogP contribution >= 0.6 is 0 Å². The van der Waals surface area contributed by atoms with E-state index in [2.05, 4.69) is 34.3 Å². The van der Waals surface area contributed by atoms with Crippen LogP contribution in [-0.4, -0.2) is 13.2 Å². The summed E-state index contributed by atoms with van der Waals surface area (Å²) in [7, 11) is 0. The standard InChI is InChI=1S/C17H26O2/c1-6-17(19-12-14(4)5)15-7-9-16(10-8-15)18-11-13(2)3/h6-10,13-14,17H,1,11-12H2,2-5H3. The minimum Gasteiger partial charge on any atom is -0.493 e. The monoisotopic (exact) mass is 262 g/mol. The van der Waals surface area contributed by atoms with Crippen molar-refractivity contribution in [3.63, 3.8) is 0 Å². The lowest BCUT2D eigenvalue weighted by Crippen LogP contribution is -2.07. The van der Waals surface area contributed by atoms with E-state index in [1.54, 1.807) is 0 Å². The number of hydrogen-bond acceptors (Lipinski definition) is 2. The van der Waals surface area contributed by atoms with Gasteiger partial charge in [-0.05, 0) is 29.5 Å². The van der Waals surface area contributed by atoms with Crippen molar-refractivity contribution in [2.24, 2.45) is 11.8 Å². The number of ether oxygens (including phenoxy) is 2. The molecule has 0 bridgehead atoms. The molecule has 2 nitrogen and oxygen atoms in total. The zero-order valence-electron chi connectivity index (χ0n) is 12.6. The van der Waals surface area contributed by atoms with E-state index >= 15 is 0 Å². The second-order valence-corrected chi connectivity index (χ2v) is 5.66. The Morgan fingerprint density at radius 1 is 1.00 bits per heavy atom. The van der Waals surface area contributed by atoms with Gasteiger partial charge in [0.15, 0.2) is 0 Å². The fourth-order valence-electron chi connectivity index (χ4n) is 1.61. The lowest BCUT2D eigenvalue weighted by Gasteiger charge is -2.16. The molecule has 0 amide bonds. The van der Waals surface area contributed by atoms with Crippen LogP contribution in [0.25, 0.3) is 0 Å². The van der Waals surface area contributed by atoms with Gasteiger partial charge >= 0.3 is 0 Å². The third-order valence-corrected chi connectivity index (χ3v) is 2.62. The molecular weight excluding hydrogens is 236 g/mol. The van der Waals surface area contributed by atoms with Crippen LogP contribution in [0.3, 0.4) is 0 Å². The molecule has 1 unspecified atom stereocenters. The van der Waals surface area contributed by atoms with Gasteiger partial charge in [-0.3, -0.25) is 0 Å². The van der Waals surface area contributed by atoms with Gasteiger partial charge in [0.2, 0.25) is 0 Å². The maximum Gasteiger partial charge on any atom is 0.119 e. The molecule has 0 aliphatic heterocycles. The van der Waals surface area contributed by atoms with Gasteiger partial charge in [-0.1, -0.05) is 45.9 Å². The van der Waals surface area contributed by atoms with E-state index in [0.717, 1.165) is 24.5 Å². The highest BCUT2D eigenvalue weighted by Gasteiger charge is 2.09. The molecule has 0 radical (unpaired) electrons.